The third kappa shape index (κ3) is 3.12. The van der Waals surface area contributed by atoms with Gasteiger partial charge in [-0.25, -0.2) is 4.79 Å². The number of aliphatic carboxylic acids is 1. The highest BCUT2D eigenvalue weighted by Gasteiger charge is 2.23. The van der Waals surface area contributed by atoms with Crippen molar-refractivity contribution < 1.29 is 19.4 Å². The molecule has 1 N–H and O–H groups in total. The number of halogens is 2. The highest BCUT2D eigenvalue weighted by molar-refractivity contribution is 6.42. The Labute approximate surface area is 102 Å². The lowest BCUT2D eigenvalue weighted by Crippen LogP contribution is -2.17. The summed E-state index contributed by atoms with van der Waals surface area (Å²) in [4.78, 5) is 21.6. The molecule has 0 heterocycles. The molecule has 0 aromatic heterocycles. The maximum absolute atomic E-state index is 10.9. The predicted octanol–water partition coefficient (Wildman–Crippen LogP) is 2.68. The Hall–Kier alpha value is -1.26. The molecule has 1 unspecified atom stereocenters. The first-order valence-electron chi connectivity index (χ1n) is 4.27. The van der Waals surface area contributed by atoms with Crippen molar-refractivity contribution in [3.05, 3.63) is 33.8 Å². The molecule has 0 radical (unpaired) electrons. The van der Waals surface area contributed by atoms with Crippen LogP contribution >= 0.6 is 23.2 Å². The van der Waals surface area contributed by atoms with Crippen molar-refractivity contribution in [2.75, 3.05) is 0 Å². The predicted molar refractivity (Wildman–Crippen MR) is 58.6 cm³/mol. The molecule has 1 aromatic rings. The van der Waals surface area contributed by atoms with E-state index in [2.05, 4.69) is 4.74 Å². The van der Waals surface area contributed by atoms with Gasteiger partial charge in [0.15, 0.2) is 0 Å². The number of carboxylic acid groups (broad SMARTS) is 1. The van der Waals surface area contributed by atoms with Crippen molar-refractivity contribution in [1.82, 2.24) is 0 Å². The number of hydrogen-bond donors (Lipinski definition) is 1. The number of carbonyl (C=O) groups excluding carboxylic acids is 1. The van der Waals surface area contributed by atoms with Gasteiger partial charge in [-0.2, -0.15) is 0 Å². The van der Waals surface area contributed by atoms with Gasteiger partial charge in [-0.15, -0.1) is 0 Å². The molecule has 16 heavy (non-hydrogen) atoms. The van der Waals surface area contributed by atoms with Crippen LogP contribution in [-0.2, 0) is 14.3 Å². The van der Waals surface area contributed by atoms with Crippen LogP contribution in [0.15, 0.2) is 18.2 Å². The molecule has 0 aliphatic heterocycles. The number of ether oxygens (including phenoxy) is 1. The lowest BCUT2D eigenvalue weighted by Gasteiger charge is -2.13. The van der Waals surface area contributed by atoms with Crippen LogP contribution in [0.2, 0.25) is 10.0 Å². The van der Waals surface area contributed by atoms with E-state index in [4.69, 9.17) is 28.3 Å². The summed E-state index contributed by atoms with van der Waals surface area (Å²) in [6, 6.07) is 4.24. The number of carbonyl (C=O) groups is 2. The Morgan fingerprint density at radius 2 is 1.94 bits per heavy atom. The van der Waals surface area contributed by atoms with E-state index in [9.17, 15) is 9.59 Å². The monoisotopic (exact) mass is 262 g/mol. The van der Waals surface area contributed by atoms with E-state index >= 15 is 0 Å². The molecule has 0 spiro atoms. The first kappa shape index (κ1) is 12.8. The summed E-state index contributed by atoms with van der Waals surface area (Å²) in [5.41, 5.74) is 0.261. The van der Waals surface area contributed by atoms with Crippen molar-refractivity contribution in [3.63, 3.8) is 0 Å². The van der Waals surface area contributed by atoms with Crippen LogP contribution in [0.4, 0.5) is 0 Å². The van der Waals surface area contributed by atoms with Crippen molar-refractivity contribution in [2.45, 2.75) is 13.0 Å². The molecule has 0 aliphatic carbocycles. The van der Waals surface area contributed by atoms with Gasteiger partial charge >= 0.3 is 11.9 Å². The summed E-state index contributed by atoms with van der Waals surface area (Å²) in [6.45, 7) is 1.13. The zero-order valence-corrected chi connectivity index (χ0v) is 9.75. The molecule has 0 bridgehead atoms. The molecule has 0 aliphatic rings. The van der Waals surface area contributed by atoms with Crippen molar-refractivity contribution in [1.29, 1.82) is 0 Å². The average Bonchev–Trinajstić information content (AvgIpc) is 2.18. The summed E-state index contributed by atoms with van der Waals surface area (Å²) in [5.74, 6) is -1.95. The molecule has 1 rings (SSSR count). The van der Waals surface area contributed by atoms with Gasteiger partial charge in [-0.05, 0) is 12.1 Å². The molecular weight excluding hydrogens is 255 g/mol. The fourth-order valence-electron chi connectivity index (χ4n) is 1.10. The number of rotatable bonds is 3. The number of carboxylic acids is 1. The first-order valence-corrected chi connectivity index (χ1v) is 5.02. The fraction of sp³-hybridized carbons (Fsp3) is 0.200. The summed E-state index contributed by atoms with van der Waals surface area (Å²) >= 11 is 11.4. The average molecular weight is 263 g/mol. The van der Waals surface area contributed by atoms with Crippen LogP contribution < -0.4 is 0 Å². The largest absolute Gasteiger partial charge is 0.478 e. The van der Waals surface area contributed by atoms with Crippen LogP contribution in [0, 0.1) is 0 Å². The molecule has 0 fully saturated rings. The Morgan fingerprint density at radius 3 is 2.38 bits per heavy atom. The van der Waals surface area contributed by atoms with E-state index in [1.165, 1.54) is 18.2 Å². The minimum absolute atomic E-state index is 0.206. The number of esters is 1. The van der Waals surface area contributed by atoms with E-state index in [0.717, 1.165) is 6.92 Å². The maximum atomic E-state index is 10.9. The molecule has 0 amide bonds. The second-order valence-corrected chi connectivity index (χ2v) is 3.82. The third-order valence-corrected chi connectivity index (χ3v) is 2.49. The zero-order valence-electron chi connectivity index (χ0n) is 8.24. The minimum Gasteiger partial charge on any atom is -0.478 e. The van der Waals surface area contributed by atoms with Crippen LogP contribution in [0.5, 0.6) is 0 Å². The maximum Gasteiger partial charge on any atom is 0.349 e. The number of hydrogen-bond acceptors (Lipinski definition) is 3. The highest BCUT2D eigenvalue weighted by atomic mass is 35.5. The summed E-state index contributed by atoms with van der Waals surface area (Å²) in [6.07, 6.45) is -1.37. The van der Waals surface area contributed by atoms with Crippen molar-refractivity contribution >= 4 is 35.1 Å². The minimum atomic E-state index is -1.37. The topological polar surface area (TPSA) is 63.6 Å². The third-order valence-electron chi connectivity index (χ3n) is 1.75. The molecule has 1 aromatic carbocycles. The molecule has 4 nitrogen and oxygen atoms in total. The normalized spacial score (nSPS) is 11.9. The van der Waals surface area contributed by atoms with E-state index in [0.29, 0.717) is 5.02 Å². The molecule has 0 saturated carbocycles. The fourth-order valence-corrected chi connectivity index (χ4v) is 1.41. The molecule has 6 heteroatoms. The van der Waals surface area contributed by atoms with Crippen LogP contribution in [0.3, 0.4) is 0 Å². The van der Waals surface area contributed by atoms with Gasteiger partial charge in [0.1, 0.15) is 0 Å². The number of benzene rings is 1. The van der Waals surface area contributed by atoms with Gasteiger partial charge in [-0.3, -0.25) is 4.79 Å². The highest BCUT2D eigenvalue weighted by Crippen LogP contribution is 2.27. The Balaban J connectivity index is 3.06. The van der Waals surface area contributed by atoms with Gasteiger partial charge in [0.25, 0.3) is 0 Å². The Bertz CT molecular complexity index is 431. The Kier molecular flexibility index (Phi) is 4.15. The van der Waals surface area contributed by atoms with Crippen LogP contribution in [0.25, 0.3) is 0 Å². The smallest absolute Gasteiger partial charge is 0.349 e. The van der Waals surface area contributed by atoms with Crippen LogP contribution in [-0.4, -0.2) is 17.0 Å². The van der Waals surface area contributed by atoms with E-state index < -0.39 is 18.0 Å². The lowest BCUT2D eigenvalue weighted by atomic mass is 10.1. The lowest BCUT2D eigenvalue weighted by molar-refractivity contribution is -0.163. The van der Waals surface area contributed by atoms with Gasteiger partial charge in [-0.1, -0.05) is 29.3 Å². The summed E-state index contributed by atoms with van der Waals surface area (Å²) in [5, 5.41) is 9.39. The van der Waals surface area contributed by atoms with Gasteiger partial charge in [0.05, 0.1) is 10.0 Å². The van der Waals surface area contributed by atoms with Crippen molar-refractivity contribution in [3.8, 4) is 0 Å². The second-order valence-electron chi connectivity index (χ2n) is 3.00. The van der Waals surface area contributed by atoms with E-state index in [1.54, 1.807) is 0 Å². The molecule has 0 saturated heterocycles. The van der Waals surface area contributed by atoms with Gasteiger partial charge in [0.2, 0.25) is 6.10 Å². The summed E-state index contributed by atoms with van der Waals surface area (Å²) < 4.78 is 4.65. The zero-order chi connectivity index (χ0) is 12.3. The van der Waals surface area contributed by atoms with Crippen molar-refractivity contribution in [2.24, 2.45) is 0 Å². The van der Waals surface area contributed by atoms with Gasteiger partial charge < -0.3 is 9.84 Å². The summed E-state index contributed by atoms with van der Waals surface area (Å²) in [7, 11) is 0. The molecule has 86 valence electrons. The van der Waals surface area contributed by atoms with E-state index in [1.807, 2.05) is 0 Å². The SMILES string of the molecule is CC(=O)OC(C(=O)O)c1ccc(Cl)c(Cl)c1. The first-order chi connectivity index (χ1) is 7.41. The van der Waals surface area contributed by atoms with E-state index in [-0.39, 0.29) is 10.6 Å². The quantitative estimate of drug-likeness (QED) is 0.851. The standard InChI is InChI=1S/C10H8Cl2O4/c1-5(13)16-9(10(14)15)6-2-3-7(11)8(12)4-6/h2-4,9H,1H3,(H,14,15). The second kappa shape index (κ2) is 5.18. The molecular formula is C10H8Cl2O4. The van der Waals surface area contributed by atoms with Gasteiger partial charge in [0, 0.05) is 12.5 Å². The van der Waals surface area contributed by atoms with Crippen LogP contribution in [0.1, 0.15) is 18.6 Å². The molecule has 1 atom stereocenters. The Morgan fingerprint density at radius 1 is 1.31 bits per heavy atom.